The third kappa shape index (κ3) is 3.44. The minimum atomic E-state index is -1.05. The van der Waals surface area contributed by atoms with Crippen molar-refractivity contribution in [1.82, 2.24) is 4.90 Å². The van der Waals surface area contributed by atoms with Gasteiger partial charge in [-0.1, -0.05) is 42.5 Å². The number of hydrogen-bond donors (Lipinski definition) is 1. The lowest BCUT2D eigenvalue weighted by Gasteiger charge is -2.23. The number of carbonyl (C=O) groups is 3. The number of imide groups is 1. The fourth-order valence-electron chi connectivity index (χ4n) is 2.90. The highest BCUT2D eigenvalue weighted by Crippen LogP contribution is 2.36. The van der Waals surface area contributed by atoms with Crippen molar-refractivity contribution in [2.75, 3.05) is 0 Å². The minimum Gasteiger partial charge on any atom is -0.478 e. The monoisotopic (exact) mass is 355 g/mol. The molecule has 0 saturated carbocycles. The van der Waals surface area contributed by atoms with Crippen LogP contribution in [0.1, 0.15) is 35.3 Å². The number of nitrogens with zero attached hydrogens (tertiary/aromatic N) is 1. The number of thioether (sulfide) groups is 1. The molecule has 1 aliphatic rings. The first-order valence-corrected chi connectivity index (χ1v) is 8.77. The van der Waals surface area contributed by atoms with Crippen LogP contribution < -0.4 is 0 Å². The van der Waals surface area contributed by atoms with Crippen molar-refractivity contribution < 1.29 is 19.5 Å². The fraction of sp³-hybridized carbons (Fsp3) is 0.211. The molecule has 1 aliphatic heterocycles. The van der Waals surface area contributed by atoms with E-state index in [4.69, 9.17) is 0 Å². The van der Waals surface area contributed by atoms with E-state index in [2.05, 4.69) is 0 Å². The molecule has 5 nitrogen and oxygen atoms in total. The van der Waals surface area contributed by atoms with E-state index in [0.29, 0.717) is 4.90 Å². The van der Waals surface area contributed by atoms with Crippen LogP contribution in [0.3, 0.4) is 0 Å². The van der Waals surface area contributed by atoms with E-state index in [9.17, 15) is 19.5 Å². The van der Waals surface area contributed by atoms with Gasteiger partial charge in [-0.05, 0) is 24.6 Å². The SMILES string of the molecule is C[C@H](c1ccccc1)N1C(=O)C[C@@H](Sc2ccccc2C(=O)O)C1=O. The highest BCUT2D eigenvalue weighted by Gasteiger charge is 2.42. The number of carboxylic acid groups (broad SMARTS) is 1. The van der Waals surface area contributed by atoms with Crippen LogP contribution >= 0.6 is 11.8 Å². The predicted molar refractivity (Wildman–Crippen MR) is 94.4 cm³/mol. The lowest BCUT2D eigenvalue weighted by molar-refractivity contribution is -0.140. The molecule has 0 radical (unpaired) electrons. The first-order valence-electron chi connectivity index (χ1n) is 7.89. The van der Waals surface area contributed by atoms with E-state index < -0.39 is 11.2 Å². The average Bonchev–Trinajstić information content (AvgIpc) is 2.89. The number of amides is 2. The summed E-state index contributed by atoms with van der Waals surface area (Å²) < 4.78 is 0. The maximum Gasteiger partial charge on any atom is 0.336 e. The van der Waals surface area contributed by atoms with Crippen molar-refractivity contribution in [2.45, 2.75) is 29.5 Å². The molecule has 0 spiro atoms. The fourth-order valence-corrected chi connectivity index (χ4v) is 4.09. The lowest BCUT2D eigenvalue weighted by atomic mass is 10.1. The number of likely N-dealkylation sites (tertiary alicyclic amines) is 1. The van der Waals surface area contributed by atoms with Gasteiger partial charge in [0, 0.05) is 11.3 Å². The highest BCUT2D eigenvalue weighted by molar-refractivity contribution is 8.00. The van der Waals surface area contributed by atoms with Crippen molar-refractivity contribution in [2.24, 2.45) is 0 Å². The normalized spacial score (nSPS) is 18.4. The van der Waals surface area contributed by atoms with Gasteiger partial charge in [-0.25, -0.2) is 4.79 Å². The summed E-state index contributed by atoms with van der Waals surface area (Å²) in [6.07, 6.45) is 0.0780. The van der Waals surface area contributed by atoms with Crippen LogP contribution in [-0.2, 0) is 9.59 Å². The van der Waals surface area contributed by atoms with Gasteiger partial charge >= 0.3 is 5.97 Å². The Morgan fingerprint density at radius 1 is 1.12 bits per heavy atom. The Kier molecular flexibility index (Phi) is 4.90. The molecule has 25 heavy (non-hydrogen) atoms. The van der Waals surface area contributed by atoms with E-state index in [1.165, 1.54) is 11.0 Å². The van der Waals surface area contributed by atoms with Gasteiger partial charge in [0.2, 0.25) is 11.8 Å². The molecule has 3 rings (SSSR count). The second-order valence-corrected chi connectivity index (χ2v) is 7.05. The molecule has 128 valence electrons. The molecule has 1 saturated heterocycles. The molecule has 1 fully saturated rings. The van der Waals surface area contributed by atoms with Crippen LogP contribution in [0.5, 0.6) is 0 Å². The number of rotatable bonds is 5. The Morgan fingerprint density at radius 3 is 2.44 bits per heavy atom. The van der Waals surface area contributed by atoms with Crippen molar-refractivity contribution in [3.63, 3.8) is 0 Å². The summed E-state index contributed by atoms with van der Waals surface area (Å²) in [5.74, 6) is -1.55. The molecule has 0 bridgehead atoms. The number of benzene rings is 2. The van der Waals surface area contributed by atoms with E-state index in [1.54, 1.807) is 18.2 Å². The molecular formula is C19H17NO4S. The van der Waals surface area contributed by atoms with Crippen molar-refractivity contribution >= 4 is 29.5 Å². The molecule has 2 atom stereocenters. The molecule has 2 aromatic rings. The Balaban J connectivity index is 1.81. The van der Waals surface area contributed by atoms with Gasteiger partial charge in [-0.2, -0.15) is 0 Å². The van der Waals surface area contributed by atoms with Gasteiger partial charge in [0.25, 0.3) is 0 Å². The highest BCUT2D eigenvalue weighted by atomic mass is 32.2. The van der Waals surface area contributed by atoms with E-state index in [1.807, 2.05) is 37.3 Å². The summed E-state index contributed by atoms with van der Waals surface area (Å²) >= 11 is 1.14. The van der Waals surface area contributed by atoms with Gasteiger partial charge in [-0.3, -0.25) is 14.5 Å². The number of aromatic carboxylic acids is 1. The lowest BCUT2D eigenvalue weighted by Crippen LogP contribution is -2.33. The van der Waals surface area contributed by atoms with E-state index in [0.717, 1.165) is 17.3 Å². The average molecular weight is 355 g/mol. The summed E-state index contributed by atoms with van der Waals surface area (Å²) in [5.41, 5.74) is 1.03. The molecule has 2 amide bonds. The molecule has 1 N–H and O–H groups in total. The van der Waals surface area contributed by atoms with Gasteiger partial charge < -0.3 is 5.11 Å². The molecule has 0 aliphatic carbocycles. The molecule has 1 heterocycles. The summed E-state index contributed by atoms with van der Waals surface area (Å²) in [6, 6.07) is 15.5. The van der Waals surface area contributed by atoms with E-state index in [-0.39, 0.29) is 29.8 Å². The van der Waals surface area contributed by atoms with Crippen LogP contribution in [0.25, 0.3) is 0 Å². The summed E-state index contributed by atoms with van der Waals surface area (Å²) in [7, 11) is 0. The van der Waals surface area contributed by atoms with Gasteiger partial charge in [0.05, 0.1) is 16.9 Å². The minimum absolute atomic E-state index is 0.0780. The Hall–Kier alpha value is -2.60. The van der Waals surface area contributed by atoms with Crippen LogP contribution in [-0.4, -0.2) is 33.0 Å². The first kappa shape index (κ1) is 17.2. The van der Waals surface area contributed by atoms with Crippen LogP contribution in [0.4, 0.5) is 0 Å². The first-order chi connectivity index (χ1) is 12.0. The van der Waals surface area contributed by atoms with Crippen molar-refractivity contribution in [1.29, 1.82) is 0 Å². The Labute approximate surface area is 149 Å². The zero-order chi connectivity index (χ0) is 18.0. The van der Waals surface area contributed by atoms with Crippen molar-refractivity contribution in [3.8, 4) is 0 Å². The van der Waals surface area contributed by atoms with E-state index >= 15 is 0 Å². The predicted octanol–water partition coefficient (Wildman–Crippen LogP) is 3.37. The number of hydrogen-bond acceptors (Lipinski definition) is 4. The van der Waals surface area contributed by atoms with Crippen molar-refractivity contribution in [3.05, 3.63) is 65.7 Å². The quantitative estimate of drug-likeness (QED) is 0.833. The topological polar surface area (TPSA) is 74.7 Å². The Bertz CT molecular complexity index is 821. The largest absolute Gasteiger partial charge is 0.478 e. The van der Waals surface area contributed by atoms with Crippen LogP contribution in [0.2, 0.25) is 0 Å². The number of carboxylic acids is 1. The summed E-state index contributed by atoms with van der Waals surface area (Å²) in [6.45, 7) is 1.82. The van der Waals surface area contributed by atoms with Gasteiger partial charge in [0.1, 0.15) is 0 Å². The molecule has 0 unspecified atom stereocenters. The second kappa shape index (κ2) is 7.11. The molecule has 2 aromatic carbocycles. The Morgan fingerprint density at radius 2 is 1.76 bits per heavy atom. The molecule has 6 heteroatoms. The zero-order valence-electron chi connectivity index (χ0n) is 13.6. The van der Waals surface area contributed by atoms with Crippen LogP contribution in [0, 0.1) is 0 Å². The van der Waals surface area contributed by atoms with Gasteiger partial charge in [-0.15, -0.1) is 11.8 Å². The third-order valence-corrected chi connectivity index (χ3v) is 5.46. The standard InChI is InChI=1S/C19H17NO4S/c1-12(13-7-3-2-4-8-13)20-17(21)11-16(18(20)22)25-15-10-6-5-9-14(15)19(23)24/h2-10,12,16H,11H2,1H3,(H,23,24)/t12-,16-/m1/s1. The summed E-state index contributed by atoms with van der Waals surface area (Å²) in [5, 5.41) is 8.67. The molecular weight excluding hydrogens is 338 g/mol. The van der Waals surface area contributed by atoms with Gasteiger partial charge in [0.15, 0.2) is 0 Å². The summed E-state index contributed by atoms with van der Waals surface area (Å²) in [4.78, 5) is 38.3. The smallest absolute Gasteiger partial charge is 0.336 e. The maximum absolute atomic E-state index is 12.8. The van der Waals surface area contributed by atoms with Crippen LogP contribution in [0.15, 0.2) is 59.5 Å². The maximum atomic E-state index is 12.8. The second-order valence-electron chi connectivity index (χ2n) is 5.80. The molecule has 0 aromatic heterocycles. The third-order valence-electron chi connectivity index (χ3n) is 4.20. The zero-order valence-corrected chi connectivity index (χ0v) is 14.4. The number of carbonyl (C=O) groups excluding carboxylic acids is 2.